The predicted molar refractivity (Wildman–Crippen MR) is 72.8 cm³/mol. The van der Waals surface area contributed by atoms with Crippen molar-refractivity contribution < 1.29 is 0 Å². The number of rotatable bonds is 7. The molecule has 16 heavy (non-hydrogen) atoms. The van der Waals surface area contributed by atoms with E-state index in [2.05, 4.69) is 37.5 Å². The highest BCUT2D eigenvalue weighted by Gasteiger charge is 1.85. The first-order valence-electron chi connectivity index (χ1n) is 6.62. The van der Waals surface area contributed by atoms with E-state index in [1.54, 1.807) is 0 Å². The molecule has 0 heteroatoms. The quantitative estimate of drug-likeness (QED) is 0.426. The fourth-order valence-corrected chi connectivity index (χ4v) is 1.38. The summed E-state index contributed by atoms with van der Waals surface area (Å²) in [7, 11) is 0. The van der Waals surface area contributed by atoms with E-state index in [1.165, 1.54) is 32.1 Å². The van der Waals surface area contributed by atoms with Gasteiger partial charge in [0.05, 0.1) is 0 Å². The van der Waals surface area contributed by atoms with Crippen molar-refractivity contribution in [1.29, 1.82) is 0 Å². The molecule has 0 nitrogen and oxygen atoms in total. The SMILES string of the molecule is [CH2]CCCCCC#CCCCCC#CCC. The molecule has 0 rings (SSSR count). The fourth-order valence-electron chi connectivity index (χ4n) is 1.38. The molecule has 1 radical (unpaired) electrons. The molecular weight excluding hydrogens is 192 g/mol. The Bertz CT molecular complexity index is 241. The molecule has 0 N–H and O–H groups in total. The molecule has 0 heterocycles. The lowest BCUT2D eigenvalue weighted by Crippen LogP contribution is -1.75. The smallest absolute Gasteiger partial charge is 0.00890 e. The Balaban J connectivity index is 3.15. The van der Waals surface area contributed by atoms with Crippen molar-refractivity contribution in [2.75, 3.05) is 0 Å². The fraction of sp³-hybridized carbons (Fsp3) is 0.688. The molecule has 0 saturated heterocycles. The molecule has 0 unspecified atom stereocenters. The summed E-state index contributed by atoms with van der Waals surface area (Å²) in [6, 6.07) is 0. The normalized spacial score (nSPS) is 8.88. The minimum atomic E-state index is 0.979. The van der Waals surface area contributed by atoms with E-state index in [4.69, 9.17) is 0 Å². The summed E-state index contributed by atoms with van der Waals surface area (Å²) in [6.45, 7) is 5.92. The second-order valence-electron chi connectivity index (χ2n) is 3.93. The third kappa shape index (κ3) is 13.1. The first kappa shape index (κ1) is 15.1. The van der Waals surface area contributed by atoms with Gasteiger partial charge in [0.15, 0.2) is 0 Å². The minimum Gasteiger partial charge on any atom is -0.104 e. The Morgan fingerprint density at radius 2 is 1.19 bits per heavy atom. The van der Waals surface area contributed by atoms with Gasteiger partial charge in [-0.25, -0.2) is 0 Å². The maximum Gasteiger partial charge on any atom is 0.00890 e. The summed E-state index contributed by atoms with van der Waals surface area (Å²) in [6.07, 6.45) is 11.4. The van der Waals surface area contributed by atoms with Crippen LogP contribution in [0.25, 0.3) is 0 Å². The Kier molecular flexibility index (Phi) is 13.3. The molecule has 0 aliphatic rings. The summed E-state index contributed by atoms with van der Waals surface area (Å²) in [4.78, 5) is 0. The molecule has 0 aromatic rings. The molecule has 0 atom stereocenters. The summed E-state index contributed by atoms with van der Waals surface area (Å²) < 4.78 is 0. The van der Waals surface area contributed by atoms with Gasteiger partial charge in [-0.3, -0.25) is 0 Å². The van der Waals surface area contributed by atoms with Crippen LogP contribution >= 0.6 is 0 Å². The summed E-state index contributed by atoms with van der Waals surface area (Å²) >= 11 is 0. The molecule has 0 aromatic heterocycles. The van der Waals surface area contributed by atoms with E-state index in [-0.39, 0.29) is 0 Å². The van der Waals surface area contributed by atoms with E-state index in [0.717, 1.165) is 32.1 Å². The maximum atomic E-state index is 3.83. The Morgan fingerprint density at radius 1 is 0.688 bits per heavy atom. The van der Waals surface area contributed by atoms with Crippen LogP contribution in [-0.4, -0.2) is 0 Å². The molecule has 0 amide bonds. The zero-order chi connectivity index (χ0) is 11.9. The lowest BCUT2D eigenvalue weighted by molar-refractivity contribution is 0.700. The molecule has 89 valence electrons. The van der Waals surface area contributed by atoms with Crippen molar-refractivity contribution in [3.63, 3.8) is 0 Å². The average molecular weight is 217 g/mol. The van der Waals surface area contributed by atoms with Crippen LogP contribution in [0.1, 0.15) is 71.1 Å². The molecule has 0 spiro atoms. The van der Waals surface area contributed by atoms with Gasteiger partial charge in [0.2, 0.25) is 0 Å². The van der Waals surface area contributed by atoms with Crippen molar-refractivity contribution in [1.82, 2.24) is 0 Å². The second-order valence-corrected chi connectivity index (χ2v) is 3.93. The average Bonchev–Trinajstić information content (AvgIpc) is 2.31. The van der Waals surface area contributed by atoms with Crippen LogP contribution in [0.5, 0.6) is 0 Å². The van der Waals surface area contributed by atoms with E-state index in [9.17, 15) is 0 Å². The first-order valence-corrected chi connectivity index (χ1v) is 6.62. The largest absolute Gasteiger partial charge is 0.104 e. The molecule has 0 aliphatic carbocycles. The van der Waals surface area contributed by atoms with Crippen LogP contribution in [0.2, 0.25) is 0 Å². The van der Waals surface area contributed by atoms with Crippen LogP contribution in [-0.2, 0) is 0 Å². The van der Waals surface area contributed by atoms with Crippen LogP contribution in [0.3, 0.4) is 0 Å². The monoisotopic (exact) mass is 217 g/mol. The van der Waals surface area contributed by atoms with Crippen LogP contribution in [0, 0.1) is 30.6 Å². The van der Waals surface area contributed by atoms with Crippen molar-refractivity contribution in [2.24, 2.45) is 0 Å². The summed E-state index contributed by atoms with van der Waals surface area (Å²) in [5, 5.41) is 0. The van der Waals surface area contributed by atoms with Crippen LogP contribution in [0.15, 0.2) is 0 Å². The third-order valence-corrected chi connectivity index (χ3v) is 2.33. The zero-order valence-electron chi connectivity index (χ0n) is 10.8. The predicted octanol–water partition coefficient (Wildman–Crippen LogP) is 4.75. The lowest BCUT2D eigenvalue weighted by atomic mass is 10.1. The zero-order valence-corrected chi connectivity index (χ0v) is 10.8. The first-order chi connectivity index (χ1) is 7.91. The van der Waals surface area contributed by atoms with Gasteiger partial charge in [-0.05, 0) is 19.3 Å². The number of hydrogen-bond donors (Lipinski definition) is 0. The third-order valence-electron chi connectivity index (χ3n) is 2.33. The van der Waals surface area contributed by atoms with Crippen molar-refractivity contribution in [3.05, 3.63) is 6.92 Å². The van der Waals surface area contributed by atoms with Crippen molar-refractivity contribution >= 4 is 0 Å². The van der Waals surface area contributed by atoms with Gasteiger partial charge in [0.25, 0.3) is 0 Å². The number of hydrogen-bond acceptors (Lipinski definition) is 0. The second kappa shape index (κ2) is 14.1. The van der Waals surface area contributed by atoms with Crippen LogP contribution in [0.4, 0.5) is 0 Å². The molecular formula is C16H25. The van der Waals surface area contributed by atoms with Gasteiger partial charge in [-0.2, -0.15) is 0 Å². The van der Waals surface area contributed by atoms with E-state index >= 15 is 0 Å². The van der Waals surface area contributed by atoms with E-state index < -0.39 is 0 Å². The van der Waals surface area contributed by atoms with Gasteiger partial charge >= 0.3 is 0 Å². The van der Waals surface area contributed by atoms with Gasteiger partial charge in [0, 0.05) is 25.7 Å². The number of unbranched alkanes of at least 4 members (excludes halogenated alkanes) is 7. The summed E-state index contributed by atoms with van der Waals surface area (Å²) in [5.74, 6) is 12.7. The molecule has 0 aliphatic heterocycles. The topological polar surface area (TPSA) is 0 Å². The van der Waals surface area contributed by atoms with E-state index in [1.807, 2.05) is 0 Å². The van der Waals surface area contributed by atoms with Gasteiger partial charge in [0.1, 0.15) is 0 Å². The standard InChI is InChI=1S/C16H25/c1-3-5-7-9-11-13-15-16-14-12-10-8-6-4-2/h1,3-5,7,9-12,14,16H2,2H3. The Morgan fingerprint density at radius 3 is 1.69 bits per heavy atom. The van der Waals surface area contributed by atoms with Crippen LogP contribution < -0.4 is 0 Å². The minimum absolute atomic E-state index is 0.979. The molecule has 0 fully saturated rings. The maximum absolute atomic E-state index is 3.83. The molecule has 0 bridgehead atoms. The Hall–Kier alpha value is -0.880. The van der Waals surface area contributed by atoms with E-state index in [0.29, 0.717) is 0 Å². The van der Waals surface area contributed by atoms with Gasteiger partial charge in [-0.1, -0.05) is 33.1 Å². The highest BCUT2D eigenvalue weighted by molar-refractivity contribution is 5.00. The highest BCUT2D eigenvalue weighted by Crippen LogP contribution is 2.01. The Labute approximate surface area is 102 Å². The van der Waals surface area contributed by atoms with Crippen molar-refractivity contribution in [3.8, 4) is 23.7 Å². The summed E-state index contributed by atoms with van der Waals surface area (Å²) in [5.41, 5.74) is 0. The lowest BCUT2D eigenvalue weighted by Gasteiger charge is -1.92. The molecule has 0 saturated carbocycles. The molecule has 0 aromatic carbocycles. The highest BCUT2D eigenvalue weighted by atomic mass is 13.9. The van der Waals surface area contributed by atoms with Crippen molar-refractivity contribution in [2.45, 2.75) is 71.1 Å². The van der Waals surface area contributed by atoms with Gasteiger partial charge in [-0.15, -0.1) is 23.7 Å². The van der Waals surface area contributed by atoms with Gasteiger partial charge < -0.3 is 0 Å².